The Kier molecular flexibility index (Phi) is 7.22. The zero-order chi connectivity index (χ0) is 20.9. The lowest BCUT2D eigenvalue weighted by atomic mass is 9.94. The highest BCUT2D eigenvalue weighted by Crippen LogP contribution is 2.24. The summed E-state index contributed by atoms with van der Waals surface area (Å²) in [5.41, 5.74) is 0.744. The van der Waals surface area contributed by atoms with Crippen molar-refractivity contribution in [3.8, 4) is 0 Å². The first-order valence-corrected chi connectivity index (χ1v) is 12.2. The molecule has 0 spiro atoms. The monoisotopic (exact) mass is 434 g/mol. The van der Waals surface area contributed by atoms with Crippen LogP contribution >= 0.6 is 11.3 Å². The number of carbonyl (C=O) groups excluding carboxylic acids is 2. The van der Waals surface area contributed by atoms with E-state index in [0.29, 0.717) is 11.6 Å². The number of urea groups is 1. The van der Waals surface area contributed by atoms with Crippen LogP contribution < -0.4 is 5.32 Å². The van der Waals surface area contributed by atoms with Crippen LogP contribution in [0.3, 0.4) is 0 Å². The molecule has 2 aliphatic heterocycles. The summed E-state index contributed by atoms with van der Waals surface area (Å²) in [4.78, 5) is 38.2. The van der Waals surface area contributed by atoms with Gasteiger partial charge < -0.3 is 14.7 Å². The van der Waals surface area contributed by atoms with E-state index in [9.17, 15) is 9.59 Å². The SMILES string of the molecule is CN1CCN(C(=O)Nc2nc(CC(=O)N3CCN(C4CCCCC4)CC3)cs2)CC1. The van der Waals surface area contributed by atoms with Gasteiger partial charge in [0.2, 0.25) is 5.91 Å². The molecule has 0 aromatic carbocycles. The van der Waals surface area contributed by atoms with Crippen LogP contribution in [0, 0.1) is 0 Å². The second kappa shape index (κ2) is 10.1. The molecule has 1 aromatic heterocycles. The minimum atomic E-state index is -0.103. The summed E-state index contributed by atoms with van der Waals surface area (Å²) < 4.78 is 0. The van der Waals surface area contributed by atoms with E-state index in [-0.39, 0.29) is 11.9 Å². The molecule has 3 amide bonds. The Hall–Kier alpha value is -1.71. The number of nitrogens with one attached hydrogen (secondary N) is 1. The van der Waals surface area contributed by atoms with Crippen LogP contribution in [0.25, 0.3) is 0 Å². The van der Waals surface area contributed by atoms with Gasteiger partial charge in [-0.3, -0.25) is 15.0 Å². The first-order valence-electron chi connectivity index (χ1n) is 11.3. The molecule has 30 heavy (non-hydrogen) atoms. The van der Waals surface area contributed by atoms with Gasteiger partial charge in [-0.05, 0) is 19.9 Å². The molecule has 2 saturated heterocycles. The third-order valence-electron chi connectivity index (χ3n) is 6.65. The maximum atomic E-state index is 12.7. The highest BCUT2D eigenvalue weighted by atomic mass is 32.1. The first-order chi connectivity index (χ1) is 14.6. The second-order valence-electron chi connectivity index (χ2n) is 8.75. The number of carbonyl (C=O) groups is 2. The van der Waals surface area contributed by atoms with Gasteiger partial charge in [0.1, 0.15) is 0 Å². The largest absolute Gasteiger partial charge is 0.340 e. The molecule has 1 N–H and O–H groups in total. The van der Waals surface area contributed by atoms with Crippen molar-refractivity contribution in [2.24, 2.45) is 0 Å². The summed E-state index contributed by atoms with van der Waals surface area (Å²) in [7, 11) is 2.06. The Bertz CT molecular complexity index is 719. The molecule has 0 atom stereocenters. The molecule has 8 nitrogen and oxygen atoms in total. The zero-order valence-electron chi connectivity index (χ0n) is 18.0. The molecule has 3 fully saturated rings. The summed E-state index contributed by atoms with van der Waals surface area (Å²) >= 11 is 1.39. The molecular weight excluding hydrogens is 400 g/mol. The third-order valence-corrected chi connectivity index (χ3v) is 7.45. The molecule has 0 bridgehead atoms. The molecule has 3 heterocycles. The first kappa shape index (κ1) is 21.5. The van der Waals surface area contributed by atoms with Crippen molar-refractivity contribution in [1.29, 1.82) is 0 Å². The molecule has 166 valence electrons. The average molecular weight is 435 g/mol. The Morgan fingerprint density at radius 1 is 1.00 bits per heavy atom. The smallest absolute Gasteiger partial charge is 0.323 e. The van der Waals surface area contributed by atoms with Crippen molar-refractivity contribution >= 4 is 28.4 Å². The highest BCUT2D eigenvalue weighted by molar-refractivity contribution is 7.13. The van der Waals surface area contributed by atoms with Crippen LogP contribution in [-0.4, -0.2) is 102 Å². The van der Waals surface area contributed by atoms with E-state index in [2.05, 4.69) is 27.1 Å². The fraction of sp³-hybridized carbons (Fsp3) is 0.762. The van der Waals surface area contributed by atoms with Gasteiger partial charge in [0, 0.05) is 63.8 Å². The van der Waals surface area contributed by atoms with E-state index in [0.717, 1.165) is 64.1 Å². The molecule has 0 radical (unpaired) electrons. The minimum Gasteiger partial charge on any atom is -0.340 e. The van der Waals surface area contributed by atoms with E-state index in [1.807, 2.05) is 15.2 Å². The molecule has 1 saturated carbocycles. The number of aromatic nitrogens is 1. The van der Waals surface area contributed by atoms with E-state index in [1.165, 1.54) is 43.4 Å². The van der Waals surface area contributed by atoms with E-state index >= 15 is 0 Å². The Balaban J connectivity index is 1.22. The molecule has 9 heteroatoms. The predicted octanol–water partition coefficient (Wildman–Crippen LogP) is 1.94. The summed E-state index contributed by atoms with van der Waals surface area (Å²) in [5, 5.41) is 5.34. The number of likely N-dealkylation sites (N-methyl/N-ethyl adjacent to an activating group) is 1. The van der Waals surface area contributed by atoms with Crippen LogP contribution in [0.2, 0.25) is 0 Å². The van der Waals surface area contributed by atoms with Gasteiger partial charge in [-0.1, -0.05) is 19.3 Å². The van der Waals surface area contributed by atoms with Crippen molar-refractivity contribution < 1.29 is 9.59 Å². The normalized spacial score (nSPS) is 22.3. The lowest BCUT2D eigenvalue weighted by Gasteiger charge is -2.40. The van der Waals surface area contributed by atoms with Gasteiger partial charge in [0.15, 0.2) is 5.13 Å². The van der Waals surface area contributed by atoms with Crippen LogP contribution in [-0.2, 0) is 11.2 Å². The van der Waals surface area contributed by atoms with Crippen molar-refractivity contribution in [2.45, 2.75) is 44.6 Å². The van der Waals surface area contributed by atoms with Crippen molar-refractivity contribution in [3.05, 3.63) is 11.1 Å². The summed E-state index contributed by atoms with van der Waals surface area (Å²) in [6.07, 6.45) is 7.01. The molecule has 0 unspecified atom stereocenters. The van der Waals surface area contributed by atoms with Gasteiger partial charge in [0.25, 0.3) is 0 Å². The van der Waals surface area contributed by atoms with E-state index in [4.69, 9.17) is 0 Å². The number of rotatable bonds is 4. The van der Waals surface area contributed by atoms with Crippen LogP contribution in [0.4, 0.5) is 9.93 Å². The zero-order valence-corrected chi connectivity index (χ0v) is 18.8. The molecule has 1 aromatic rings. The van der Waals surface area contributed by atoms with Crippen molar-refractivity contribution in [1.82, 2.24) is 24.6 Å². The lowest BCUT2D eigenvalue weighted by molar-refractivity contribution is -0.132. The molecule has 1 aliphatic carbocycles. The maximum Gasteiger partial charge on any atom is 0.323 e. The number of hydrogen-bond donors (Lipinski definition) is 1. The fourth-order valence-electron chi connectivity index (χ4n) is 4.68. The van der Waals surface area contributed by atoms with Gasteiger partial charge in [-0.2, -0.15) is 0 Å². The topological polar surface area (TPSA) is 72.0 Å². The van der Waals surface area contributed by atoms with Gasteiger partial charge in [0.05, 0.1) is 12.1 Å². The van der Waals surface area contributed by atoms with Gasteiger partial charge in [-0.25, -0.2) is 9.78 Å². The Labute approximate surface area is 183 Å². The van der Waals surface area contributed by atoms with Crippen molar-refractivity contribution in [3.63, 3.8) is 0 Å². The maximum absolute atomic E-state index is 12.7. The van der Waals surface area contributed by atoms with Gasteiger partial charge >= 0.3 is 6.03 Å². The number of nitrogens with zero attached hydrogens (tertiary/aromatic N) is 5. The standard InChI is InChI=1S/C21H34N6O2S/c1-24-7-9-27(10-8-24)21(29)23-20-22-17(16-30-20)15-19(28)26-13-11-25(12-14-26)18-5-3-2-4-6-18/h16,18H,2-15H2,1H3,(H,22,23,29). The van der Waals surface area contributed by atoms with E-state index in [1.54, 1.807) is 0 Å². The van der Waals surface area contributed by atoms with E-state index < -0.39 is 0 Å². The Morgan fingerprint density at radius 2 is 1.67 bits per heavy atom. The van der Waals surface area contributed by atoms with Gasteiger partial charge in [-0.15, -0.1) is 11.3 Å². The number of hydrogen-bond acceptors (Lipinski definition) is 6. The summed E-state index contributed by atoms with van der Waals surface area (Å²) in [6, 6.07) is 0.621. The minimum absolute atomic E-state index is 0.103. The number of thiazole rings is 1. The summed E-state index contributed by atoms with van der Waals surface area (Å²) in [5.74, 6) is 0.139. The summed E-state index contributed by atoms with van der Waals surface area (Å²) in [6.45, 7) is 6.83. The predicted molar refractivity (Wildman–Crippen MR) is 119 cm³/mol. The molecule has 4 rings (SSSR count). The van der Waals surface area contributed by atoms with Crippen LogP contribution in [0.15, 0.2) is 5.38 Å². The quantitative estimate of drug-likeness (QED) is 0.784. The fourth-order valence-corrected chi connectivity index (χ4v) is 5.37. The molecular formula is C21H34N6O2S. The molecule has 3 aliphatic rings. The highest BCUT2D eigenvalue weighted by Gasteiger charge is 2.27. The van der Waals surface area contributed by atoms with Crippen LogP contribution in [0.1, 0.15) is 37.8 Å². The Morgan fingerprint density at radius 3 is 2.37 bits per heavy atom. The average Bonchev–Trinajstić information content (AvgIpc) is 3.21. The second-order valence-corrected chi connectivity index (χ2v) is 9.61. The number of piperazine rings is 2. The number of anilines is 1. The van der Waals surface area contributed by atoms with Crippen LogP contribution in [0.5, 0.6) is 0 Å². The third kappa shape index (κ3) is 5.50. The van der Waals surface area contributed by atoms with Crippen molar-refractivity contribution in [2.75, 3.05) is 64.7 Å². The number of amides is 3. The lowest BCUT2D eigenvalue weighted by Crippen LogP contribution is -2.52.